The summed E-state index contributed by atoms with van der Waals surface area (Å²) in [5.41, 5.74) is 2.52. The number of hydrogen-bond acceptors (Lipinski definition) is 2. The molecule has 0 spiro atoms. The fourth-order valence-electron chi connectivity index (χ4n) is 1.61. The van der Waals surface area contributed by atoms with Crippen molar-refractivity contribution in [3.05, 3.63) is 34.9 Å². The number of rotatable bonds is 2. The van der Waals surface area contributed by atoms with Gasteiger partial charge in [-0.25, -0.2) is 5.01 Å². The van der Waals surface area contributed by atoms with Crippen LogP contribution in [0.25, 0.3) is 0 Å². The van der Waals surface area contributed by atoms with Crippen molar-refractivity contribution in [1.29, 1.82) is 0 Å². The highest BCUT2D eigenvalue weighted by atomic mass is 35.5. The lowest BCUT2D eigenvalue weighted by atomic mass is 10.1. The van der Waals surface area contributed by atoms with Gasteiger partial charge in [0.05, 0.1) is 12.0 Å². The van der Waals surface area contributed by atoms with Gasteiger partial charge in [0.25, 0.3) is 11.8 Å². The van der Waals surface area contributed by atoms with E-state index in [1.165, 1.54) is 5.01 Å². The summed E-state index contributed by atoms with van der Waals surface area (Å²) in [6.07, 6.45) is 0.0642. The quantitative estimate of drug-likeness (QED) is 0.674. The van der Waals surface area contributed by atoms with E-state index < -0.39 is 5.54 Å². The minimum absolute atomic E-state index is 0.0642. The predicted molar refractivity (Wildman–Crippen MR) is 83.6 cm³/mol. The van der Waals surface area contributed by atoms with Crippen molar-refractivity contribution in [1.82, 2.24) is 10.4 Å². The highest BCUT2D eigenvalue weighted by Gasteiger charge is 2.28. The fraction of sp³-hybridized carbons (Fsp3) is 0.375. The summed E-state index contributed by atoms with van der Waals surface area (Å²) in [4.78, 5) is 24.4. The molecule has 0 aliphatic rings. The molecular formula is C16H19ClN2O2. The molecule has 0 saturated heterocycles. The second-order valence-corrected chi connectivity index (χ2v) is 5.89. The van der Waals surface area contributed by atoms with Crippen LogP contribution in [-0.2, 0) is 4.79 Å². The molecule has 0 aromatic heterocycles. The van der Waals surface area contributed by atoms with Crippen LogP contribution in [-0.4, -0.2) is 22.4 Å². The number of nitrogens with zero attached hydrogens (tertiary/aromatic N) is 1. The lowest BCUT2D eigenvalue weighted by Crippen LogP contribution is -2.55. The van der Waals surface area contributed by atoms with Crippen LogP contribution >= 0.6 is 11.6 Å². The van der Waals surface area contributed by atoms with Crippen molar-refractivity contribution in [2.24, 2.45) is 0 Å². The van der Waals surface area contributed by atoms with Crippen molar-refractivity contribution in [2.45, 2.75) is 39.7 Å². The van der Waals surface area contributed by atoms with Crippen molar-refractivity contribution in [3.8, 4) is 11.8 Å². The second kappa shape index (κ2) is 7.14. The van der Waals surface area contributed by atoms with E-state index in [2.05, 4.69) is 17.3 Å². The average Bonchev–Trinajstić information content (AvgIpc) is 2.41. The molecule has 0 atom stereocenters. The van der Waals surface area contributed by atoms with Gasteiger partial charge in [0.1, 0.15) is 0 Å². The molecule has 112 valence electrons. The molecule has 1 aromatic carbocycles. The van der Waals surface area contributed by atoms with Crippen LogP contribution in [0, 0.1) is 11.8 Å². The topological polar surface area (TPSA) is 49.4 Å². The largest absolute Gasteiger partial charge is 0.272 e. The van der Waals surface area contributed by atoms with Gasteiger partial charge in [-0.05, 0) is 52.0 Å². The summed E-state index contributed by atoms with van der Waals surface area (Å²) in [5, 5.41) is 1.86. The van der Waals surface area contributed by atoms with E-state index in [9.17, 15) is 9.59 Å². The molecule has 0 fully saturated rings. The zero-order valence-electron chi connectivity index (χ0n) is 12.7. The number of carbonyl (C=O) groups excluding carboxylic acids is 2. The van der Waals surface area contributed by atoms with E-state index in [0.29, 0.717) is 10.6 Å². The molecule has 21 heavy (non-hydrogen) atoms. The lowest BCUT2D eigenvalue weighted by Gasteiger charge is -2.35. The molecule has 5 heteroatoms. The van der Waals surface area contributed by atoms with Crippen molar-refractivity contribution < 1.29 is 9.59 Å². The number of benzene rings is 1. The molecule has 0 radical (unpaired) electrons. The van der Waals surface area contributed by atoms with Crippen LogP contribution in [0.3, 0.4) is 0 Å². The minimum Gasteiger partial charge on any atom is -0.272 e. The fourth-order valence-corrected chi connectivity index (χ4v) is 1.74. The van der Waals surface area contributed by atoms with Gasteiger partial charge in [-0.3, -0.25) is 15.0 Å². The molecule has 0 aliphatic carbocycles. The predicted octanol–water partition coefficient (Wildman–Crippen LogP) is 3.03. The van der Waals surface area contributed by atoms with E-state index in [1.54, 1.807) is 31.2 Å². The Balaban J connectivity index is 2.90. The highest BCUT2D eigenvalue weighted by Crippen LogP contribution is 2.14. The standard InChI is InChI=1S/C16H19ClN2O2/c1-5-6-7-14(20)19(16(2,3)4)18-15(21)12-8-10-13(17)11-9-12/h8-11H,7H2,1-4H3,(H,18,21). The Morgan fingerprint density at radius 3 is 2.29 bits per heavy atom. The number of carbonyl (C=O) groups is 2. The molecule has 4 nitrogen and oxygen atoms in total. The first-order valence-electron chi connectivity index (χ1n) is 6.55. The number of hydrogen-bond donors (Lipinski definition) is 1. The van der Waals surface area contributed by atoms with Crippen LogP contribution in [0.2, 0.25) is 5.02 Å². The Hall–Kier alpha value is -1.99. The van der Waals surface area contributed by atoms with Crippen LogP contribution in [0.4, 0.5) is 0 Å². The number of halogens is 1. The van der Waals surface area contributed by atoms with Crippen molar-refractivity contribution >= 4 is 23.4 Å². The van der Waals surface area contributed by atoms with Crippen LogP contribution in [0.15, 0.2) is 24.3 Å². The van der Waals surface area contributed by atoms with E-state index >= 15 is 0 Å². The van der Waals surface area contributed by atoms with Gasteiger partial charge in [-0.15, -0.1) is 5.92 Å². The van der Waals surface area contributed by atoms with Crippen LogP contribution < -0.4 is 5.43 Å². The third-order valence-corrected chi connectivity index (χ3v) is 2.91. The summed E-state index contributed by atoms with van der Waals surface area (Å²) in [6, 6.07) is 6.47. The summed E-state index contributed by atoms with van der Waals surface area (Å²) in [5.74, 6) is 4.77. The molecular weight excluding hydrogens is 288 g/mol. The second-order valence-electron chi connectivity index (χ2n) is 5.45. The summed E-state index contributed by atoms with van der Waals surface area (Å²) >= 11 is 5.79. The van der Waals surface area contributed by atoms with Gasteiger partial charge in [0.15, 0.2) is 0 Å². The van der Waals surface area contributed by atoms with E-state index in [4.69, 9.17) is 11.6 Å². The Morgan fingerprint density at radius 2 is 1.81 bits per heavy atom. The van der Waals surface area contributed by atoms with Gasteiger partial charge in [-0.2, -0.15) is 0 Å². The van der Waals surface area contributed by atoms with E-state index in [-0.39, 0.29) is 18.2 Å². The number of hydrazine groups is 1. The average molecular weight is 307 g/mol. The summed E-state index contributed by atoms with van der Waals surface area (Å²) in [6.45, 7) is 7.19. The molecule has 0 aliphatic heterocycles. The SMILES string of the molecule is CC#CCC(=O)N(NC(=O)c1ccc(Cl)cc1)C(C)(C)C. The van der Waals surface area contributed by atoms with Gasteiger partial charge in [0.2, 0.25) is 0 Å². The number of nitrogens with one attached hydrogen (secondary N) is 1. The molecule has 2 amide bonds. The molecule has 0 heterocycles. The normalized spacial score (nSPS) is 10.3. The van der Waals surface area contributed by atoms with Gasteiger partial charge in [0, 0.05) is 10.6 Å². The Bertz CT molecular complexity index is 577. The zero-order chi connectivity index (χ0) is 16.0. The molecule has 0 bridgehead atoms. The first-order chi connectivity index (χ1) is 9.75. The maximum absolute atomic E-state index is 12.2. The van der Waals surface area contributed by atoms with Gasteiger partial charge < -0.3 is 0 Å². The maximum atomic E-state index is 12.2. The molecule has 0 unspecified atom stereocenters. The Kier molecular flexibility index (Phi) is 5.80. The molecule has 1 aromatic rings. The Morgan fingerprint density at radius 1 is 1.24 bits per heavy atom. The van der Waals surface area contributed by atoms with Crippen LogP contribution in [0.5, 0.6) is 0 Å². The monoisotopic (exact) mass is 306 g/mol. The van der Waals surface area contributed by atoms with Crippen molar-refractivity contribution in [3.63, 3.8) is 0 Å². The molecule has 1 N–H and O–H groups in total. The lowest BCUT2D eigenvalue weighted by molar-refractivity contribution is -0.138. The highest BCUT2D eigenvalue weighted by molar-refractivity contribution is 6.30. The number of amides is 2. The smallest absolute Gasteiger partial charge is 0.269 e. The molecule has 0 saturated carbocycles. The van der Waals surface area contributed by atoms with Crippen molar-refractivity contribution in [2.75, 3.05) is 0 Å². The van der Waals surface area contributed by atoms with Gasteiger partial charge >= 0.3 is 0 Å². The Labute approximate surface area is 130 Å². The van der Waals surface area contributed by atoms with Gasteiger partial charge in [-0.1, -0.05) is 17.5 Å². The maximum Gasteiger partial charge on any atom is 0.269 e. The van der Waals surface area contributed by atoms with E-state index in [0.717, 1.165) is 0 Å². The zero-order valence-corrected chi connectivity index (χ0v) is 13.4. The van der Waals surface area contributed by atoms with E-state index in [1.807, 2.05) is 20.8 Å². The minimum atomic E-state index is -0.547. The first-order valence-corrected chi connectivity index (χ1v) is 6.92. The summed E-state index contributed by atoms with van der Waals surface area (Å²) < 4.78 is 0. The molecule has 1 rings (SSSR count). The third kappa shape index (κ3) is 5.13. The first kappa shape index (κ1) is 17.1. The summed E-state index contributed by atoms with van der Waals surface area (Å²) in [7, 11) is 0. The third-order valence-electron chi connectivity index (χ3n) is 2.66. The van der Waals surface area contributed by atoms with Crippen LogP contribution in [0.1, 0.15) is 44.5 Å².